The van der Waals surface area contributed by atoms with Crippen LogP contribution >= 0.6 is 24.4 Å². The molecule has 0 aromatic heterocycles. The minimum absolute atomic E-state index is 0.0937. The maximum absolute atomic E-state index is 11.9. The number of hydrogen-bond donors (Lipinski definition) is 5. The number of amides is 2. The number of hydrogen-bond acceptors (Lipinski definition) is 6. The zero-order chi connectivity index (χ0) is 16.3. The maximum atomic E-state index is 11.9. The lowest BCUT2D eigenvalue weighted by Crippen LogP contribution is -2.40. The predicted octanol–water partition coefficient (Wildman–Crippen LogP) is -0.151. The lowest BCUT2D eigenvalue weighted by atomic mass is 9.92. The molecule has 1 unspecified atom stereocenters. The smallest absolute Gasteiger partial charge is 0.315 e. The first-order valence-corrected chi connectivity index (χ1v) is 8.93. The van der Waals surface area contributed by atoms with Gasteiger partial charge in [-0.25, -0.2) is 4.79 Å². The van der Waals surface area contributed by atoms with Crippen LogP contribution in [0.2, 0.25) is 0 Å². The van der Waals surface area contributed by atoms with E-state index in [0.717, 1.165) is 12.2 Å². The van der Waals surface area contributed by atoms with E-state index in [2.05, 4.69) is 23.3 Å². The molecule has 7 nitrogen and oxygen atoms in total. The molecule has 5 N–H and O–H groups in total. The number of Topliss-reactive ketones (excluding diaryl/α,β-unsaturated/α-hetero) is 1. The highest BCUT2D eigenvalue weighted by Crippen LogP contribution is 2.33. The Morgan fingerprint density at radius 3 is 2.82 bits per heavy atom. The van der Waals surface area contributed by atoms with Crippen LogP contribution in [-0.2, 0) is 9.59 Å². The molecule has 5 atom stereocenters. The van der Waals surface area contributed by atoms with Gasteiger partial charge in [-0.15, -0.1) is 0 Å². The van der Waals surface area contributed by atoms with Gasteiger partial charge in [-0.3, -0.25) is 9.59 Å². The molecular formula is C13H21N3O4S2. The van der Waals surface area contributed by atoms with Crippen LogP contribution in [0.3, 0.4) is 0 Å². The van der Waals surface area contributed by atoms with Crippen LogP contribution in [0.25, 0.3) is 0 Å². The van der Waals surface area contributed by atoms with Crippen molar-refractivity contribution in [1.82, 2.24) is 10.6 Å². The molecule has 0 saturated carbocycles. The number of carbonyl (C=O) groups excluding carboxylic acids is 2. The zero-order valence-electron chi connectivity index (χ0n) is 12.0. The molecule has 0 spiro atoms. The summed E-state index contributed by atoms with van der Waals surface area (Å²) in [6.07, 6.45) is 1.64. The average Bonchev–Trinajstić information content (AvgIpc) is 3.01. The second-order valence-electron chi connectivity index (χ2n) is 5.64. The standard InChI is InChI=1S/C13H21N3O4S2/c14-7(4-21)11(17)6(12(18)19)2-1-3-9-10-8(5-22-9)15-13(20)16-10/h6-10,21H,1-5,14H2,(H,18,19)(H2,15,16,20)/t6?,7-,8-,9-,10-/m0/s1. The molecule has 0 aromatic rings. The molecule has 124 valence electrons. The van der Waals surface area contributed by atoms with E-state index < -0.39 is 23.7 Å². The van der Waals surface area contributed by atoms with Crippen molar-refractivity contribution in [2.45, 2.75) is 42.6 Å². The van der Waals surface area contributed by atoms with Crippen molar-refractivity contribution in [3.05, 3.63) is 0 Å². The van der Waals surface area contributed by atoms with Crippen molar-refractivity contribution >= 4 is 42.2 Å². The molecule has 0 aliphatic carbocycles. The molecule has 2 heterocycles. The number of nitrogens with one attached hydrogen (secondary N) is 2. The van der Waals surface area contributed by atoms with Gasteiger partial charge >= 0.3 is 12.0 Å². The molecular weight excluding hydrogens is 326 g/mol. The topological polar surface area (TPSA) is 122 Å². The van der Waals surface area contributed by atoms with Crippen molar-refractivity contribution in [3.8, 4) is 0 Å². The summed E-state index contributed by atoms with van der Waals surface area (Å²) in [6.45, 7) is 0. The molecule has 0 bridgehead atoms. The Morgan fingerprint density at radius 2 is 2.18 bits per heavy atom. The van der Waals surface area contributed by atoms with E-state index in [1.165, 1.54) is 0 Å². The Kier molecular flexibility index (Phi) is 5.99. The Labute approximate surface area is 138 Å². The first-order valence-electron chi connectivity index (χ1n) is 7.25. The minimum Gasteiger partial charge on any atom is -0.481 e. The van der Waals surface area contributed by atoms with Crippen LogP contribution in [0.5, 0.6) is 0 Å². The molecule has 2 amide bonds. The minimum atomic E-state index is -1.13. The molecule has 2 fully saturated rings. The third kappa shape index (κ3) is 3.88. The Hall–Kier alpha value is -0.930. The van der Waals surface area contributed by atoms with Crippen LogP contribution in [-0.4, -0.2) is 57.8 Å². The van der Waals surface area contributed by atoms with E-state index in [9.17, 15) is 19.5 Å². The fourth-order valence-corrected chi connectivity index (χ4v) is 4.63. The van der Waals surface area contributed by atoms with E-state index >= 15 is 0 Å². The lowest BCUT2D eigenvalue weighted by Gasteiger charge is -2.18. The number of nitrogens with two attached hydrogens (primary N) is 1. The summed E-state index contributed by atoms with van der Waals surface area (Å²) in [6, 6.07) is -0.736. The van der Waals surface area contributed by atoms with Gasteiger partial charge in [-0.05, 0) is 12.8 Å². The van der Waals surface area contributed by atoms with Gasteiger partial charge in [0.05, 0.1) is 18.1 Å². The number of aliphatic carboxylic acids is 1. The van der Waals surface area contributed by atoms with E-state index in [0.29, 0.717) is 6.42 Å². The number of thioether (sulfide) groups is 1. The van der Waals surface area contributed by atoms with Gasteiger partial charge < -0.3 is 21.5 Å². The number of thiol groups is 1. The maximum Gasteiger partial charge on any atom is 0.315 e. The number of carboxylic acids is 1. The van der Waals surface area contributed by atoms with Crippen molar-refractivity contribution in [3.63, 3.8) is 0 Å². The average molecular weight is 347 g/mol. The number of carboxylic acid groups (broad SMARTS) is 1. The van der Waals surface area contributed by atoms with E-state index in [4.69, 9.17) is 5.73 Å². The van der Waals surface area contributed by atoms with Gasteiger partial charge in [0.2, 0.25) is 0 Å². The van der Waals surface area contributed by atoms with Gasteiger partial charge in [0.15, 0.2) is 5.78 Å². The fourth-order valence-electron chi connectivity index (χ4n) is 2.90. The van der Waals surface area contributed by atoms with Crippen LogP contribution in [0.15, 0.2) is 0 Å². The zero-order valence-corrected chi connectivity index (χ0v) is 13.7. The number of rotatable bonds is 8. The van der Waals surface area contributed by atoms with Gasteiger partial charge in [-0.1, -0.05) is 6.42 Å². The second-order valence-corrected chi connectivity index (χ2v) is 7.27. The third-order valence-electron chi connectivity index (χ3n) is 4.12. The fraction of sp³-hybridized carbons (Fsp3) is 0.769. The highest BCUT2D eigenvalue weighted by Gasteiger charge is 2.42. The highest BCUT2D eigenvalue weighted by atomic mass is 32.2. The van der Waals surface area contributed by atoms with Crippen molar-refractivity contribution in [2.24, 2.45) is 11.7 Å². The summed E-state index contributed by atoms with van der Waals surface area (Å²) in [4.78, 5) is 34.5. The molecule has 22 heavy (non-hydrogen) atoms. The van der Waals surface area contributed by atoms with Crippen LogP contribution in [0.4, 0.5) is 4.79 Å². The van der Waals surface area contributed by atoms with E-state index in [-0.39, 0.29) is 35.5 Å². The molecule has 2 saturated heterocycles. The number of fused-ring (bicyclic) bond motifs is 1. The summed E-state index contributed by atoms with van der Waals surface area (Å²) in [7, 11) is 0. The Balaban J connectivity index is 1.82. The highest BCUT2D eigenvalue weighted by molar-refractivity contribution is 8.00. The molecule has 0 aromatic carbocycles. The van der Waals surface area contributed by atoms with Crippen molar-refractivity contribution in [2.75, 3.05) is 11.5 Å². The van der Waals surface area contributed by atoms with E-state index in [1.807, 2.05) is 0 Å². The van der Waals surface area contributed by atoms with E-state index in [1.54, 1.807) is 11.8 Å². The monoisotopic (exact) mass is 347 g/mol. The van der Waals surface area contributed by atoms with Crippen LogP contribution in [0, 0.1) is 5.92 Å². The molecule has 9 heteroatoms. The summed E-state index contributed by atoms with van der Waals surface area (Å²) < 4.78 is 0. The van der Waals surface area contributed by atoms with Crippen molar-refractivity contribution in [1.29, 1.82) is 0 Å². The molecule has 0 radical (unpaired) electrons. The largest absolute Gasteiger partial charge is 0.481 e. The summed E-state index contributed by atoms with van der Waals surface area (Å²) in [5.41, 5.74) is 5.59. The summed E-state index contributed by atoms with van der Waals surface area (Å²) in [5.74, 6) is -1.66. The normalized spacial score (nSPS) is 29.4. The third-order valence-corrected chi connectivity index (χ3v) is 6.03. The van der Waals surface area contributed by atoms with Crippen LogP contribution in [0.1, 0.15) is 19.3 Å². The molecule has 2 aliphatic heterocycles. The SMILES string of the molecule is N[C@@H](CS)C(=O)C(CCC[C@@H]1SC[C@@H]2NC(=O)N[C@@H]21)C(=O)O. The Morgan fingerprint density at radius 1 is 1.45 bits per heavy atom. The number of ketones is 1. The summed E-state index contributed by atoms with van der Waals surface area (Å²) in [5, 5.41) is 15.2. The van der Waals surface area contributed by atoms with Gasteiger partial charge in [0.1, 0.15) is 5.92 Å². The van der Waals surface area contributed by atoms with Gasteiger partial charge in [0, 0.05) is 16.8 Å². The molecule has 2 rings (SSSR count). The van der Waals surface area contributed by atoms with Gasteiger partial charge in [0.25, 0.3) is 0 Å². The van der Waals surface area contributed by atoms with Crippen LogP contribution < -0.4 is 16.4 Å². The van der Waals surface area contributed by atoms with Crippen molar-refractivity contribution < 1.29 is 19.5 Å². The number of carbonyl (C=O) groups is 3. The lowest BCUT2D eigenvalue weighted by molar-refractivity contribution is -0.146. The Bertz CT molecular complexity index is 463. The predicted molar refractivity (Wildman–Crippen MR) is 87.3 cm³/mol. The first-order chi connectivity index (χ1) is 10.4. The summed E-state index contributed by atoms with van der Waals surface area (Å²) >= 11 is 5.71. The quantitative estimate of drug-likeness (QED) is 0.236. The van der Waals surface area contributed by atoms with Gasteiger partial charge in [-0.2, -0.15) is 24.4 Å². The second kappa shape index (κ2) is 7.56. The first kappa shape index (κ1) is 17.4. The number of urea groups is 1. The molecule has 2 aliphatic rings.